The van der Waals surface area contributed by atoms with Gasteiger partial charge in [0.15, 0.2) is 5.50 Å². The molecule has 2 aliphatic carbocycles. The number of hydrogen-bond acceptors (Lipinski definition) is 3. The average molecular weight is 421 g/mol. The Kier molecular flexibility index (Phi) is 4.14. The average Bonchev–Trinajstić information content (AvgIpc) is 3.30. The Morgan fingerprint density at radius 3 is 2.79 bits per heavy atom. The third-order valence-corrected chi connectivity index (χ3v) is 8.69. The smallest absolute Gasteiger partial charge is 0.154 e. The minimum absolute atomic E-state index is 0.408. The molecule has 0 fully saturated rings. The van der Waals surface area contributed by atoms with E-state index in [9.17, 15) is 4.39 Å². The van der Waals surface area contributed by atoms with Gasteiger partial charge in [-0.2, -0.15) is 0 Å². The summed E-state index contributed by atoms with van der Waals surface area (Å²) in [6.45, 7) is 0. The largest absolute Gasteiger partial charge is 0.497 e. The van der Waals surface area contributed by atoms with Crippen molar-refractivity contribution in [3.05, 3.63) is 86.7 Å². The maximum atomic E-state index is 13.9. The first-order valence-electron chi connectivity index (χ1n) is 10.1. The van der Waals surface area contributed by atoms with Crippen LogP contribution in [0.5, 0.6) is 5.75 Å². The van der Waals surface area contributed by atoms with E-state index in [0.29, 0.717) is 18.3 Å². The number of methoxy groups -OCH3 is 1. The summed E-state index contributed by atoms with van der Waals surface area (Å²) in [4.78, 5) is 2.61. The predicted molar refractivity (Wildman–Crippen MR) is 121 cm³/mol. The summed E-state index contributed by atoms with van der Waals surface area (Å²) in [7, 11) is 1.70. The van der Waals surface area contributed by atoms with Crippen molar-refractivity contribution in [2.75, 3.05) is 7.11 Å². The van der Waals surface area contributed by atoms with Crippen LogP contribution in [-0.2, 0) is 12.8 Å². The number of aryl methyl sites for hydroxylation is 2. The fourth-order valence-corrected chi connectivity index (χ4v) is 7.19. The third kappa shape index (κ3) is 2.80. The van der Waals surface area contributed by atoms with Crippen LogP contribution >= 0.6 is 23.1 Å². The van der Waals surface area contributed by atoms with Gasteiger partial charge >= 0.3 is 0 Å². The molecule has 4 heteroatoms. The second-order valence-corrected chi connectivity index (χ2v) is 10.4. The molecule has 3 aliphatic rings. The molecule has 1 aromatic heterocycles. The summed E-state index contributed by atoms with van der Waals surface area (Å²) >= 11 is 3.31. The van der Waals surface area contributed by atoms with E-state index in [2.05, 4.69) is 42.5 Å². The number of thioether (sulfide) groups is 1. The van der Waals surface area contributed by atoms with E-state index in [-0.39, 0.29) is 0 Å². The molecular formula is C25H21FOS2. The van der Waals surface area contributed by atoms with Crippen molar-refractivity contribution in [3.63, 3.8) is 0 Å². The van der Waals surface area contributed by atoms with Gasteiger partial charge in [0.1, 0.15) is 5.75 Å². The number of benzene rings is 2. The zero-order valence-corrected chi connectivity index (χ0v) is 17.8. The van der Waals surface area contributed by atoms with E-state index in [0.717, 1.165) is 18.6 Å². The Morgan fingerprint density at radius 1 is 1.10 bits per heavy atom. The van der Waals surface area contributed by atoms with Gasteiger partial charge in [-0.15, -0.1) is 11.3 Å². The van der Waals surface area contributed by atoms with Crippen LogP contribution in [-0.4, -0.2) is 12.6 Å². The lowest BCUT2D eigenvalue weighted by Crippen LogP contribution is -2.26. The summed E-state index contributed by atoms with van der Waals surface area (Å²) < 4.78 is 20.6. The van der Waals surface area contributed by atoms with Crippen LogP contribution in [0, 0.1) is 0 Å². The normalized spacial score (nSPS) is 24.3. The lowest BCUT2D eigenvalue weighted by atomic mass is 9.61. The fourth-order valence-electron chi connectivity index (χ4n) is 5.05. The highest BCUT2D eigenvalue weighted by atomic mass is 32.2. The van der Waals surface area contributed by atoms with E-state index >= 15 is 0 Å². The number of thiophene rings is 1. The van der Waals surface area contributed by atoms with Crippen molar-refractivity contribution in [2.24, 2.45) is 0 Å². The summed E-state index contributed by atoms with van der Waals surface area (Å²) in [6.07, 6.45) is 7.17. The van der Waals surface area contributed by atoms with E-state index in [1.165, 1.54) is 53.9 Å². The molecular weight excluding hydrogens is 399 g/mol. The molecule has 146 valence electrons. The van der Waals surface area contributed by atoms with Gasteiger partial charge in [0.25, 0.3) is 0 Å². The Bertz CT molecular complexity index is 1170. The number of rotatable bonds is 4. The standard InChI is InChI=1S/C25H21FOS2/c1-27-15-5-2-14(3-6-15)4-7-16-12-19-21(28-16)10-8-17-24(19)18-9-11-22-20(25(17)18)13-23(26)29-22/h2-3,5-6,8-12,18,23,25H,4,7,13H2,1H3. The van der Waals surface area contributed by atoms with E-state index in [1.54, 1.807) is 7.11 Å². The molecule has 3 aromatic rings. The van der Waals surface area contributed by atoms with Crippen molar-refractivity contribution in [3.8, 4) is 5.75 Å². The van der Waals surface area contributed by atoms with Crippen molar-refractivity contribution in [1.29, 1.82) is 0 Å². The molecule has 0 amide bonds. The van der Waals surface area contributed by atoms with Crippen LogP contribution in [0.1, 0.15) is 39.8 Å². The Balaban J connectivity index is 1.28. The zero-order valence-electron chi connectivity index (χ0n) is 16.2. The van der Waals surface area contributed by atoms with Crippen molar-refractivity contribution >= 4 is 33.2 Å². The Labute approximate surface area is 178 Å². The van der Waals surface area contributed by atoms with E-state index < -0.39 is 5.50 Å². The molecule has 0 N–H and O–H groups in total. The highest BCUT2D eigenvalue weighted by Gasteiger charge is 2.45. The molecule has 1 aliphatic heterocycles. The van der Waals surface area contributed by atoms with Crippen LogP contribution in [0.4, 0.5) is 4.39 Å². The van der Waals surface area contributed by atoms with E-state index in [1.807, 2.05) is 23.5 Å². The molecule has 3 atom stereocenters. The Hall–Kier alpha value is -2.04. The number of hydrogen-bond donors (Lipinski definition) is 0. The monoisotopic (exact) mass is 420 g/mol. The number of allylic oxidation sites excluding steroid dienone is 3. The minimum atomic E-state index is -0.762. The summed E-state index contributed by atoms with van der Waals surface area (Å²) in [5.41, 5.74) is 4.81. The second-order valence-electron chi connectivity index (χ2n) is 8.03. The zero-order chi connectivity index (χ0) is 19.5. The van der Waals surface area contributed by atoms with Gasteiger partial charge in [0, 0.05) is 32.7 Å². The van der Waals surface area contributed by atoms with Gasteiger partial charge in [-0.1, -0.05) is 42.1 Å². The van der Waals surface area contributed by atoms with Crippen LogP contribution in [0.15, 0.2) is 65.1 Å². The summed E-state index contributed by atoms with van der Waals surface area (Å²) in [5, 5.41) is 1.41. The number of fused-ring (bicyclic) bond motifs is 7. The van der Waals surface area contributed by atoms with Gasteiger partial charge in [0.2, 0.25) is 0 Å². The quantitative estimate of drug-likeness (QED) is 0.444. The molecule has 0 saturated heterocycles. The molecule has 0 spiro atoms. The highest BCUT2D eigenvalue weighted by Crippen LogP contribution is 2.61. The first-order chi connectivity index (χ1) is 14.2. The molecule has 2 heterocycles. The van der Waals surface area contributed by atoms with Gasteiger partial charge < -0.3 is 4.74 Å². The maximum absolute atomic E-state index is 13.9. The molecule has 29 heavy (non-hydrogen) atoms. The fraction of sp³-hybridized carbons (Fsp3) is 0.280. The molecule has 6 rings (SSSR count). The molecule has 0 radical (unpaired) electrons. The number of ether oxygens (including phenoxy) is 1. The Morgan fingerprint density at radius 2 is 1.97 bits per heavy atom. The van der Waals surface area contributed by atoms with Crippen LogP contribution in [0.25, 0.3) is 10.1 Å². The first kappa shape index (κ1) is 17.8. The first-order valence-corrected chi connectivity index (χ1v) is 11.8. The SMILES string of the molecule is COc1ccc(CCc2cc3c4c(ccc3s2)C2C3=C(C=CC42)SC(F)C3)cc1. The van der Waals surface area contributed by atoms with Gasteiger partial charge in [-0.3, -0.25) is 0 Å². The van der Waals surface area contributed by atoms with Crippen molar-refractivity contribution in [1.82, 2.24) is 0 Å². The van der Waals surface area contributed by atoms with Crippen LogP contribution < -0.4 is 4.74 Å². The molecule has 1 nitrogen and oxygen atoms in total. The highest BCUT2D eigenvalue weighted by molar-refractivity contribution is 8.04. The van der Waals surface area contributed by atoms with Gasteiger partial charge in [0.05, 0.1) is 7.11 Å². The van der Waals surface area contributed by atoms with Crippen molar-refractivity contribution in [2.45, 2.75) is 36.6 Å². The third-order valence-electron chi connectivity index (χ3n) is 6.46. The van der Waals surface area contributed by atoms with Crippen molar-refractivity contribution < 1.29 is 9.13 Å². The van der Waals surface area contributed by atoms with Gasteiger partial charge in [-0.25, -0.2) is 4.39 Å². The minimum Gasteiger partial charge on any atom is -0.497 e. The summed E-state index contributed by atoms with van der Waals surface area (Å²) in [5.74, 6) is 1.75. The number of halogens is 1. The topological polar surface area (TPSA) is 9.23 Å². The number of alkyl halides is 1. The lowest BCUT2D eigenvalue weighted by molar-refractivity contribution is 0.414. The van der Waals surface area contributed by atoms with E-state index in [4.69, 9.17) is 4.74 Å². The molecule has 0 saturated carbocycles. The van der Waals surface area contributed by atoms with Crippen LogP contribution in [0.3, 0.4) is 0 Å². The lowest BCUT2D eigenvalue weighted by Gasteiger charge is -2.42. The van der Waals surface area contributed by atoms with Gasteiger partial charge in [-0.05, 0) is 64.8 Å². The second kappa shape index (κ2) is 6.75. The summed E-state index contributed by atoms with van der Waals surface area (Å²) in [6, 6.07) is 15.3. The maximum Gasteiger partial charge on any atom is 0.154 e. The molecule has 2 aromatic carbocycles. The molecule has 0 bridgehead atoms. The molecule has 3 unspecified atom stereocenters. The van der Waals surface area contributed by atoms with Crippen LogP contribution in [0.2, 0.25) is 0 Å². The predicted octanol–water partition coefficient (Wildman–Crippen LogP) is 7.13.